The van der Waals surface area contributed by atoms with Gasteiger partial charge in [0.1, 0.15) is 23.5 Å². The van der Waals surface area contributed by atoms with E-state index in [9.17, 15) is 4.79 Å². The van der Waals surface area contributed by atoms with Crippen molar-refractivity contribution in [1.29, 1.82) is 10.5 Å². The Bertz CT molecular complexity index is 705. The van der Waals surface area contributed by atoms with Crippen LogP contribution in [0.1, 0.15) is 6.92 Å². The molecule has 0 bridgehead atoms. The summed E-state index contributed by atoms with van der Waals surface area (Å²) >= 11 is 0. The van der Waals surface area contributed by atoms with E-state index in [1.807, 2.05) is 23.1 Å². The molecular weight excluding hydrogens is 306 g/mol. The lowest BCUT2D eigenvalue weighted by molar-refractivity contribution is -0.129. The minimum absolute atomic E-state index is 0.0125. The first-order valence-electron chi connectivity index (χ1n) is 7.54. The molecule has 0 atom stereocenters. The average Bonchev–Trinajstić information content (AvgIpc) is 2.62. The number of nitrogens with one attached hydrogen (secondary N) is 1. The normalized spacial score (nSPS) is 13.5. The number of amides is 1. The summed E-state index contributed by atoms with van der Waals surface area (Å²) in [5.41, 5.74) is 1.67. The Morgan fingerprint density at radius 3 is 2.46 bits per heavy atom. The summed E-state index contributed by atoms with van der Waals surface area (Å²) in [6.07, 6.45) is 1.35. The van der Waals surface area contributed by atoms with Gasteiger partial charge in [-0.25, -0.2) is 0 Å². The highest BCUT2D eigenvalue weighted by Crippen LogP contribution is 2.30. The number of carbonyl (C=O) groups is 1. The van der Waals surface area contributed by atoms with Crippen LogP contribution < -0.4 is 15.0 Å². The summed E-state index contributed by atoms with van der Waals surface area (Å²) in [5.74, 6) is 0.720. The average molecular weight is 325 g/mol. The Labute approximate surface area is 141 Å². The van der Waals surface area contributed by atoms with Crippen molar-refractivity contribution in [3.05, 3.63) is 30.0 Å². The largest absolute Gasteiger partial charge is 0.494 e. The third-order valence-electron chi connectivity index (χ3n) is 3.89. The van der Waals surface area contributed by atoms with E-state index in [2.05, 4.69) is 10.2 Å². The molecule has 1 amide bonds. The number of piperazine rings is 1. The third-order valence-corrected chi connectivity index (χ3v) is 3.89. The van der Waals surface area contributed by atoms with E-state index in [1.165, 1.54) is 6.20 Å². The highest BCUT2D eigenvalue weighted by molar-refractivity contribution is 5.73. The molecule has 0 unspecified atom stereocenters. The molecule has 0 aliphatic carbocycles. The maximum absolute atomic E-state index is 11.4. The summed E-state index contributed by atoms with van der Waals surface area (Å²) in [5, 5.41) is 20.4. The molecule has 1 heterocycles. The van der Waals surface area contributed by atoms with Crippen molar-refractivity contribution in [3.63, 3.8) is 0 Å². The Hall–Kier alpha value is -3.19. The Morgan fingerprint density at radius 1 is 1.25 bits per heavy atom. The number of ether oxygens (including phenoxy) is 1. The van der Waals surface area contributed by atoms with Gasteiger partial charge in [0.15, 0.2) is 0 Å². The van der Waals surface area contributed by atoms with Gasteiger partial charge in [0, 0.05) is 51.1 Å². The van der Waals surface area contributed by atoms with Crippen molar-refractivity contribution in [2.45, 2.75) is 6.92 Å². The summed E-state index contributed by atoms with van der Waals surface area (Å²) in [4.78, 5) is 15.4. The fraction of sp³-hybridized carbons (Fsp3) is 0.353. The molecular formula is C17H19N5O2. The van der Waals surface area contributed by atoms with Gasteiger partial charge in [-0.15, -0.1) is 0 Å². The van der Waals surface area contributed by atoms with E-state index in [0.29, 0.717) is 24.5 Å². The molecule has 1 aromatic carbocycles. The second-order valence-electron chi connectivity index (χ2n) is 5.30. The lowest BCUT2D eigenvalue weighted by atomic mass is 10.2. The van der Waals surface area contributed by atoms with E-state index in [0.717, 1.165) is 18.8 Å². The highest BCUT2D eigenvalue weighted by atomic mass is 16.5. The maximum Gasteiger partial charge on any atom is 0.219 e. The third kappa shape index (κ3) is 3.96. The first kappa shape index (κ1) is 17.2. The molecule has 0 radical (unpaired) electrons. The van der Waals surface area contributed by atoms with E-state index < -0.39 is 0 Å². The number of nitrogens with zero attached hydrogens (tertiary/aromatic N) is 4. The quantitative estimate of drug-likeness (QED) is 0.847. The Morgan fingerprint density at radius 2 is 1.92 bits per heavy atom. The van der Waals surface area contributed by atoms with E-state index in [1.54, 1.807) is 26.2 Å². The van der Waals surface area contributed by atoms with Crippen LogP contribution in [0.5, 0.6) is 5.75 Å². The van der Waals surface area contributed by atoms with Crippen molar-refractivity contribution in [3.8, 4) is 17.9 Å². The van der Waals surface area contributed by atoms with Gasteiger partial charge in [0.05, 0.1) is 12.8 Å². The van der Waals surface area contributed by atoms with Crippen LogP contribution in [-0.4, -0.2) is 44.1 Å². The first-order valence-corrected chi connectivity index (χ1v) is 7.54. The number of allylic oxidation sites excluding steroid dienone is 1. The van der Waals surface area contributed by atoms with Crippen molar-refractivity contribution in [1.82, 2.24) is 4.90 Å². The second-order valence-corrected chi connectivity index (χ2v) is 5.30. The topological polar surface area (TPSA) is 92.4 Å². The number of methoxy groups -OCH3 is 1. The molecule has 24 heavy (non-hydrogen) atoms. The van der Waals surface area contributed by atoms with Gasteiger partial charge in [-0.2, -0.15) is 10.5 Å². The number of carbonyl (C=O) groups excluding carboxylic acids is 1. The monoisotopic (exact) mass is 325 g/mol. The molecule has 1 N–H and O–H groups in total. The lowest BCUT2D eigenvalue weighted by Gasteiger charge is -2.35. The smallest absolute Gasteiger partial charge is 0.219 e. The minimum atomic E-state index is -0.0125. The summed E-state index contributed by atoms with van der Waals surface area (Å²) < 4.78 is 5.39. The zero-order valence-corrected chi connectivity index (χ0v) is 13.7. The lowest BCUT2D eigenvalue weighted by Crippen LogP contribution is -2.48. The molecule has 2 rings (SSSR count). The van der Waals surface area contributed by atoms with Gasteiger partial charge in [-0.05, 0) is 12.1 Å². The van der Waals surface area contributed by atoms with Crippen LogP contribution in [0.15, 0.2) is 30.0 Å². The Kier molecular flexibility index (Phi) is 5.64. The molecule has 124 valence electrons. The van der Waals surface area contributed by atoms with Crippen LogP contribution in [0.2, 0.25) is 0 Å². The number of benzene rings is 1. The number of hydrogen-bond donors (Lipinski definition) is 1. The molecule has 0 spiro atoms. The van der Waals surface area contributed by atoms with E-state index in [-0.39, 0.29) is 11.5 Å². The van der Waals surface area contributed by atoms with Crippen molar-refractivity contribution in [2.75, 3.05) is 43.5 Å². The van der Waals surface area contributed by atoms with Crippen LogP contribution >= 0.6 is 0 Å². The maximum atomic E-state index is 11.4. The standard InChI is InChI=1S/C17H19N5O2/c1-13(23)21-5-7-22(8-6-21)15-3-4-16(17(9-15)24-2)20-12-14(10-18)11-19/h3-4,9,12,20H,5-8H2,1-2H3. The summed E-state index contributed by atoms with van der Waals surface area (Å²) in [6, 6.07) is 9.27. The number of anilines is 2. The Balaban J connectivity index is 2.12. The summed E-state index contributed by atoms with van der Waals surface area (Å²) in [6.45, 7) is 4.52. The van der Waals surface area contributed by atoms with Gasteiger partial charge < -0.3 is 19.9 Å². The van der Waals surface area contributed by atoms with Crippen LogP contribution in [0.4, 0.5) is 11.4 Å². The van der Waals surface area contributed by atoms with Crippen molar-refractivity contribution < 1.29 is 9.53 Å². The minimum Gasteiger partial charge on any atom is -0.494 e. The van der Waals surface area contributed by atoms with E-state index in [4.69, 9.17) is 15.3 Å². The van der Waals surface area contributed by atoms with Crippen molar-refractivity contribution in [2.24, 2.45) is 0 Å². The fourth-order valence-corrected chi connectivity index (χ4v) is 2.51. The SMILES string of the molecule is COc1cc(N2CCN(C(C)=O)CC2)ccc1NC=C(C#N)C#N. The molecule has 1 saturated heterocycles. The molecule has 1 aliphatic heterocycles. The number of nitriles is 2. The predicted molar refractivity (Wildman–Crippen MR) is 90.4 cm³/mol. The molecule has 0 saturated carbocycles. The molecule has 1 aromatic rings. The van der Waals surface area contributed by atoms with Gasteiger partial charge in [0.2, 0.25) is 5.91 Å². The van der Waals surface area contributed by atoms with Crippen LogP contribution in [0.25, 0.3) is 0 Å². The number of hydrogen-bond acceptors (Lipinski definition) is 6. The van der Waals surface area contributed by atoms with Gasteiger partial charge >= 0.3 is 0 Å². The second kappa shape index (κ2) is 7.89. The van der Waals surface area contributed by atoms with E-state index >= 15 is 0 Å². The van der Waals surface area contributed by atoms with Crippen LogP contribution in [-0.2, 0) is 4.79 Å². The zero-order chi connectivity index (χ0) is 17.5. The molecule has 7 heteroatoms. The van der Waals surface area contributed by atoms with Crippen molar-refractivity contribution >= 4 is 17.3 Å². The van der Waals surface area contributed by atoms with Gasteiger partial charge in [0.25, 0.3) is 0 Å². The fourth-order valence-electron chi connectivity index (χ4n) is 2.51. The first-order chi connectivity index (χ1) is 11.6. The van der Waals surface area contributed by atoms with Crippen LogP contribution in [0, 0.1) is 22.7 Å². The number of rotatable bonds is 4. The molecule has 1 aliphatic rings. The summed E-state index contributed by atoms with van der Waals surface area (Å²) in [7, 11) is 1.57. The highest BCUT2D eigenvalue weighted by Gasteiger charge is 2.19. The van der Waals surface area contributed by atoms with Crippen LogP contribution in [0.3, 0.4) is 0 Å². The van der Waals surface area contributed by atoms with Gasteiger partial charge in [-0.1, -0.05) is 0 Å². The molecule has 1 fully saturated rings. The van der Waals surface area contributed by atoms with Gasteiger partial charge in [-0.3, -0.25) is 4.79 Å². The molecule has 7 nitrogen and oxygen atoms in total. The predicted octanol–water partition coefficient (Wildman–Crippen LogP) is 1.71. The zero-order valence-electron chi connectivity index (χ0n) is 13.7. The molecule has 0 aromatic heterocycles.